The van der Waals surface area contributed by atoms with Crippen molar-refractivity contribution in [3.8, 4) is 28.2 Å². The first-order valence-electron chi connectivity index (χ1n) is 17.8. The van der Waals surface area contributed by atoms with E-state index in [1.807, 2.05) is 0 Å². The maximum absolute atomic E-state index is 5.57. The van der Waals surface area contributed by atoms with Gasteiger partial charge >= 0.3 is 0 Å². The van der Waals surface area contributed by atoms with Crippen molar-refractivity contribution in [3.63, 3.8) is 0 Å². The second-order valence-corrected chi connectivity index (χ2v) is 13.8. The lowest BCUT2D eigenvalue weighted by Gasteiger charge is -2.15. The molecule has 4 aromatic heterocycles. The molecule has 0 saturated heterocycles. The van der Waals surface area contributed by atoms with Gasteiger partial charge in [-0.1, -0.05) is 127 Å². The van der Waals surface area contributed by atoms with Gasteiger partial charge in [-0.25, -0.2) is 9.97 Å². The fourth-order valence-electron chi connectivity index (χ4n) is 8.77. The lowest BCUT2D eigenvalue weighted by molar-refractivity contribution is 1.08. The van der Waals surface area contributed by atoms with E-state index in [1.54, 1.807) is 0 Å². The number of fused-ring (bicyclic) bond motifs is 7. The van der Waals surface area contributed by atoms with Crippen LogP contribution in [-0.2, 0) is 0 Å². The second-order valence-electron chi connectivity index (χ2n) is 13.8. The number of para-hydroxylation sites is 2. The molecule has 8 aromatic carbocycles. The van der Waals surface area contributed by atoms with Crippen molar-refractivity contribution in [2.75, 3.05) is 0 Å². The molecule has 12 rings (SSSR count). The van der Waals surface area contributed by atoms with Gasteiger partial charge in [0.25, 0.3) is 0 Å². The van der Waals surface area contributed by atoms with Gasteiger partial charge in [0.05, 0.1) is 38.6 Å². The summed E-state index contributed by atoms with van der Waals surface area (Å²) in [7, 11) is 0. The molecular weight excluding hydrogens is 633 g/mol. The molecule has 0 bridgehead atoms. The largest absolute Gasteiger partial charge is 0.308 e. The average Bonchev–Trinajstić information content (AvgIpc) is 3.69. The Morgan fingerprint density at radius 3 is 1.77 bits per heavy atom. The summed E-state index contributed by atoms with van der Waals surface area (Å²) in [4.78, 5) is 11.1. The molecule has 0 atom stereocenters. The van der Waals surface area contributed by atoms with Crippen LogP contribution >= 0.6 is 0 Å². The zero-order chi connectivity index (χ0) is 33.9. The molecule has 0 aliphatic carbocycles. The van der Waals surface area contributed by atoms with Gasteiger partial charge in [-0.3, -0.25) is 4.57 Å². The smallest absolute Gasteiger partial charge is 0.165 e. The van der Waals surface area contributed by atoms with Crippen molar-refractivity contribution in [1.82, 2.24) is 18.9 Å². The van der Waals surface area contributed by atoms with Gasteiger partial charge in [0.1, 0.15) is 5.69 Å². The highest BCUT2D eigenvalue weighted by molar-refractivity contribution is 6.31. The van der Waals surface area contributed by atoms with Crippen LogP contribution in [0.4, 0.5) is 0 Å². The summed E-state index contributed by atoms with van der Waals surface area (Å²) in [5, 5.41) is 9.75. The summed E-state index contributed by atoms with van der Waals surface area (Å²) in [6, 6.07) is 61.1. The molecule has 4 heterocycles. The van der Waals surface area contributed by atoms with E-state index in [2.05, 4.69) is 179 Å². The van der Waals surface area contributed by atoms with Gasteiger partial charge in [0, 0.05) is 32.5 Å². The quantitative estimate of drug-likeness (QED) is 0.177. The third kappa shape index (κ3) is 3.70. The Hall–Kier alpha value is -7.04. The molecule has 0 spiro atoms. The molecule has 4 nitrogen and oxygen atoms in total. The lowest BCUT2D eigenvalue weighted by atomic mass is 10.0. The van der Waals surface area contributed by atoms with E-state index in [-0.39, 0.29) is 0 Å². The first kappa shape index (κ1) is 27.7. The van der Waals surface area contributed by atoms with Gasteiger partial charge in [-0.05, 0) is 69.8 Å². The highest BCUT2D eigenvalue weighted by Gasteiger charge is 2.24. The highest BCUT2D eigenvalue weighted by atomic mass is 15.1. The van der Waals surface area contributed by atoms with Gasteiger partial charge in [0.15, 0.2) is 5.82 Å². The van der Waals surface area contributed by atoms with Crippen molar-refractivity contribution in [3.05, 3.63) is 170 Å². The van der Waals surface area contributed by atoms with E-state index in [4.69, 9.17) is 9.97 Å². The van der Waals surface area contributed by atoms with Crippen LogP contribution in [0, 0.1) is 0 Å². The third-order valence-electron chi connectivity index (χ3n) is 11.0. The molecule has 0 saturated carbocycles. The minimum atomic E-state index is 0.818. The summed E-state index contributed by atoms with van der Waals surface area (Å²) >= 11 is 0. The molecule has 52 heavy (non-hydrogen) atoms. The molecule has 0 fully saturated rings. The van der Waals surface area contributed by atoms with E-state index < -0.39 is 0 Å². The molecule has 0 amide bonds. The van der Waals surface area contributed by atoms with Gasteiger partial charge in [0.2, 0.25) is 0 Å². The topological polar surface area (TPSA) is 35.1 Å². The molecule has 0 aliphatic heterocycles. The zero-order valence-corrected chi connectivity index (χ0v) is 28.0. The van der Waals surface area contributed by atoms with Crippen LogP contribution in [0.3, 0.4) is 0 Å². The van der Waals surface area contributed by atoms with Crippen molar-refractivity contribution < 1.29 is 0 Å². The molecule has 0 unspecified atom stereocenters. The van der Waals surface area contributed by atoms with E-state index >= 15 is 0 Å². The molecule has 0 radical (unpaired) electrons. The Morgan fingerprint density at radius 2 is 0.923 bits per heavy atom. The molecule has 0 N–H and O–H groups in total. The summed E-state index contributed by atoms with van der Waals surface area (Å²) < 4.78 is 4.84. The number of rotatable bonds is 3. The van der Waals surface area contributed by atoms with E-state index in [1.165, 1.54) is 54.4 Å². The van der Waals surface area contributed by atoms with E-state index in [0.29, 0.717) is 0 Å². The number of nitrogens with zero attached hydrogens (tertiary/aromatic N) is 4. The van der Waals surface area contributed by atoms with Crippen LogP contribution < -0.4 is 0 Å². The number of hydrogen-bond acceptors (Lipinski definition) is 2. The molecule has 4 heteroatoms. The SMILES string of the molecule is c1ccc(-c2cccc(-c3nc4cc5ccccc5cc4nc3-n3c4cccc5c6cccc7c8ccccc8n(c8cccc3c8c54)c67)c2)cc1. The van der Waals surface area contributed by atoms with Gasteiger partial charge < -0.3 is 4.40 Å². The fraction of sp³-hybridized carbons (Fsp3) is 0. The first-order chi connectivity index (χ1) is 25.8. The Balaban J connectivity index is 1.27. The van der Waals surface area contributed by atoms with E-state index in [9.17, 15) is 0 Å². The Labute approximate surface area is 297 Å². The van der Waals surface area contributed by atoms with Crippen molar-refractivity contribution in [2.45, 2.75) is 0 Å². The third-order valence-corrected chi connectivity index (χ3v) is 11.0. The average molecular weight is 661 g/mol. The molecule has 12 aromatic rings. The summed E-state index contributed by atoms with van der Waals surface area (Å²) in [5.74, 6) is 0.818. The number of hydrogen-bond donors (Lipinski definition) is 0. The van der Waals surface area contributed by atoms with Crippen LogP contribution in [-0.4, -0.2) is 18.9 Å². The molecule has 240 valence electrons. The van der Waals surface area contributed by atoms with Crippen LogP contribution in [0.1, 0.15) is 0 Å². The summed E-state index contributed by atoms with van der Waals surface area (Å²) in [6.45, 7) is 0. The lowest BCUT2D eigenvalue weighted by Crippen LogP contribution is -2.04. The van der Waals surface area contributed by atoms with Crippen molar-refractivity contribution >= 4 is 81.7 Å². The predicted octanol–water partition coefficient (Wildman–Crippen LogP) is 12.4. The fourth-order valence-corrected chi connectivity index (χ4v) is 8.77. The van der Waals surface area contributed by atoms with Crippen molar-refractivity contribution in [1.29, 1.82) is 0 Å². The Morgan fingerprint density at radius 1 is 0.365 bits per heavy atom. The van der Waals surface area contributed by atoms with Gasteiger partial charge in [-0.15, -0.1) is 0 Å². The highest BCUT2D eigenvalue weighted by Crippen LogP contribution is 2.45. The summed E-state index contributed by atoms with van der Waals surface area (Å²) in [6.07, 6.45) is 0. The van der Waals surface area contributed by atoms with E-state index in [0.717, 1.165) is 55.5 Å². The minimum Gasteiger partial charge on any atom is -0.308 e. The number of aromatic nitrogens is 4. The van der Waals surface area contributed by atoms with Crippen LogP contribution in [0.25, 0.3) is 110 Å². The number of benzene rings is 8. The molecular formula is C48H28N4. The normalized spacial score (nSPS) is 12.2. The van der Waals surface area contributed by atoms with Crippen LogP contribution in [0.15, 0.2) is 170 Å². The van der Waals surface area contributed by atoms with Crippen LogP contribution in [0.2, 0.25) is 0 Å². The standard InChI is InChI=1S/C48H28N4/c1-2-12-29(13-3-1)30-16-8-17-33(26-30)46-48(50-39-28-32-15-5-4-14-31(32)27-38(39)49-46)52-41-23-10-19-35-37-21-9-20-36-34-18-6-7-22-40(34)51(47(36)37)42-24-11-25-43(52)45(42)44(35)41/h1-28H. The van der Waals surface area contributed by atoms with Crippen molar-refractivity contribution in [2.24, 2.45) is 0 Å². The predicted molar refractivity (Wildman–Crippen MR) is 217 cm³/mol. The van der Waals surface area contributed by atoms with Gasteiger partial charge in [-0.2, -0.15) is 0 Å². The Kier molecular flexibility index (Phi) is 5.47. The summed E-state index contributed by atoms with van der Waals surface area (Å²) in [5.41, 5.74) is 11.8. The van der Waals surface area contributed by atoms with Crippen LogP contribution in [0.5, 0.6) is 0 Å². The second kappa shape index (κ2) is 10.3. The molecule has 0 aliphatic rings. The maximum Gasteiger partial charge on any atom is 0.165 e. The first-order valence-corrected chi connectivity index (χ1v) is 17.8. The maximum atomic E-state index is 5.57. The monoisotopic (exact) mass is 660 g/mol. The zero-order valence-electron chi connectivity index (χ0n) is 28.0. The Bertz CT molecular complexity index is 3410. The minimum absolute atomic E-state index is 0.818.